The molecule has 0 bridgehead atoms. The minimum atomic E-state index is -10.3. The molecule has 144 valence electrons. The average molecular weight is 402 g/mol. The second-order valence-electron chi connectivity index (χ2n) is 4.65. The Bertz CT molecular complexity index is 717. The molecular weight excluding hydrogens is 392 g/mol. The Balaban J connectivity index is 3.54. The number of alkyl halides is 3. The number of amides is 2. The Morgan fingerprint density at radius 3 is 2.00 bits per heavy atom. The highest BCUT2D eigenvalue weighted by molar-refractivity contribution is 8.45. The van der Waals surface area contributed by atoms with E-state index in [1.807, 2.05) is 0 Å². The number of benzene rings is 1. The summed E-state index contributed by atoms with van der Waals surface area (Å²) in [4.78, 5) is 24.3. The monoisotopic (exact) mass is 402 g/mol. The van der Waals surface area contributed by atoms with Gasteiger partial charge in [0.2, 0.25) is 0 Å². The Hall–Kier alpha value is -2.09. The van der Waals surface area contributed by atoms with Gasteiger partial charge >= 0.3 is 22.3 Å². The SMILES string of the molecule is CON(C)C(=O)c1cc(NC(=O)C(F)(F)F)cc(S(F)(F)(F)(F)F)c1. The lowest BCUT2D eigenvalue weighted by Gasteiger charge is -2.40. The van der Waals surface area contributed by atoms with E-state index in [2.05, 4.69) is 4.84 Å². The number of hydroxylamine groups is 2. The maximum Gasteiger partial charge on any atom is 0.471 e. The van der Waals surface area contributed by atoms with Crippen LogP contribution in [0.25, 0.3) is 0 Å². The third-order valence-corrected chi connectivity index (χ3v) is 3.80. The van der Waals surface area contributed by atoms with Crippen LogP contribution in [0.3, 0.4) is 0 Å². The standard InChI is InChI=1S/C11H10F8N2O3S/c1-21(24-2)9(22)6-3-7(20-10(23)11(12,13)14)5-8(4-6)25(15,16,17,18)19/h3-5H,1-2H3,(H,20,23). The first-order chi connectivity index (χ1) is 10.8. The Morgan fingerprint density at radius 1 is 1.08 bits per heavy atom. The average Bonchev–Trinajstić information content (AvgIpc) is 2.41. The zero-order valence-electron chi connectivity index (χ0n) is 12.3. The molecule has 0 atom stereocenters. The van der Waals surface area contributed by atoms with Gasteiger partial charge in [0.1, 0.15) is 4.90 Å². The molecule has 1 aromatic rings. The van der Waals surface area contributed by atoms with Crippen molar-refractivity contribution in [3.05, 3.63) is 23.8 Å². The lowest BCUT2D eigenvalue weighted by atomic mass is 10.2. The number of carbonyl (C=O) groups excluding carboxylic acids is 2. The molecule has 0 spiro atoms. The largest absolute Gasteiger partial charge is 0.471 e. The summed E-state index contributed by atoms with van der Waals surface area (Å²) in [5.74, 6) is -4.07. The molecule has 14 heteroatoms. The van der Waals surface area contributed by atoms with E-state index in [1.54, 1.807) is 0 Å². The molecule has 1 rings (SSSR count). The molecule has 0 radical (unpaired) electrons. The predicted octanol–water partition coefficient (Wildman–Crippen LogP) is 4.48. The highest BCUT2D eigenvalue weighted by Crippen LogP contribution is 3.02. The van der Waals surface area contributed by atoms with Gasteiger partial charge in [-0.2, -0.15) is 13.2 Å². The van der Waals surface area contributed by atoms with Crippen molar-refractivity contribution in [1.82, 2.24) is 5.06 Å². The Morgan fingerprint density at radius 2 is 1.60 bits per heavy atom. The van der Waals surface area contributed by atoms with Crippen LogP contribution in [-0.2, 0) is 9.63 Å². The van der Waals surface area contributed by atoms with Gasteiger partial charge in [-0.15, -0.1) is 0 Å². The van der Waals surface area contributed by atoms with Crippen molar-refractivity contribution < 1.29 is 47.0 Å². The molecular formula is C11H10F8N2O3S. The molecule has 0 aliphatic carbocycles. The van der Waals surface area contributed by atoms with Gasteiger partial charge in [0, 0.05) is 18.3 Å². The highest BCUT2D eigenvalue weighted by Gasteiger charge is 2.65. The van der Waals surface area contributed by atoms with E-state index in [9.17, 15) is 42.2 Å². The third kappa shape index (κ3) is 5.45. The predicted molar refractivity (Wildman–Crippen MR) is 71.6 cm³/mol. The van der Waals surface area contributed by atoms with Gasteiger partial charge in [0.05, 0.1) is 7.11 Å². The van der Waals surface area contributed by atoms with Gasteiger partial charge in [0.15, 0.2) is 0 Å². The van der Waals surface area contributed by atoms with E-state index >= 15 is 0 Å². The summed E-state index contributed by atoms with van der Waals surface area (Å²) in [6, 6.07) is -0.272. The first kappa shape index (κ1) is 21.0. The van der Waals surface area contributed by atoms with Crippen molar-refractivity contribution in [3.8, 4) is 0 Å². The highest BCUT2D eigenvalue weighted by atomic mass is 32.5. The molecule has 5 nitrogen and oxygen atoms in total. The molecule has 1 N–H and O–H groups in total. The fourth-order valence-electron chi connectivity index (χ4n) is 1.48. The summed E-state index contributed by atoms with van der Waals surface area (Å²) in [6.07, 6.45) is -5.49. The fraction of sp³-hybridized carbons (Fsp3) is 0.273. The van der Waals surface area contributed by atoms with Crippen molar-refractivity contribution in [1.29, 1.82) is 0 Å². The third-order valence-electron chi connectivity index (χ3n) is 2.67. The van der Waals surface area contributed by atoms with Crippen molar-refractivity contribution >= 4 is 27.7 Å². The molecule has 0 fully saturated rings. The quantitative estimate of drug-likeness (QED) is 0.597. The summed E-state index contributed by atoms with van der Waals surface area (Å²) in [6.45, 7) is 0. The zero-order valence-corrected chi connectivity index (χ0v) is 13.2. The van der Waals surface area contributed by atoms with Crippen molar-refractivity contribution in [2.45, 2.75) is 11.1 Å². The topological polar surface area (TPSA) is 58.6 Å². The summed E-state index contributed by atoms with van der Waals surface area (Å²) >= 11 is 0. The van der Waals surface area contributed by atoms with E-state index < -0.39 is 50.4 Å². The van der Waals surface area contributed by atoms with E-state index in [0.29, 0.717) is 11.1 Å². The second-order valence-corrected chi connectivity index (χ2v) is 7.06. The number of rotatable bonds is 4. The van der Waals surface area contributed by atoms with E-state index in [4.69, 9.17) is 0 Å². The van der Waals surface area contributed by atoms with Gasteiger partial charge in [-0.05, 0) is 18.2 Å². The maximum absolute atomic E-state index is 12.9. The van der Waals surface area contributed by atoms with E-state index in [-0.39, 0.29) is 6.07 Å². The first-order valence-corrected chi connectivity index (χ1v) is 7.90. The maximum atomic E-state index is 12.9. The lowest BCUT2D eigenvalue weighted by molar-refractivity contribution is -0.167. The van der Waals surface area contributed by atoms with Crippen LogP contribution < -0.4 is 5.32 Å². The first-order valence-electron chi connectivity index (χ1n) is 5.94. The number of anilines is 1. The van der Waals surface area contributed by atoms with Crippen LogP contribution in [0.15, 0.2) is 23.1 Å². The van der Waals surface area contributed by atoms with Gasteiger partial charge in [-0.3, -0.25) is 14.4 Å². The minimum absolute atomic E-state index is 0.247. The fourth-order valence-corrected chi connectivity index (χ4v) is 2.18. The molecule has 25 heavy (non-hydrogen) atoms. The number of hydrogen-bond donors (Lipinski definition) is 1. The van der Waals surface area contributed by atoms with E-state index in [1.165, 1.54) is 0 Å². The van der Waals surface area contributed by atoms with E-state index in [0.717, 1.165) is 19.5 Å². The van der Waals surface area contributed by atoms with Crippen LogP contribution in [-0.4, -0.2) is 37.2 Å². The number of hydrogen-bond acceptors (Lipinski definition) is 3. The van der Waals surface area contributed by atoms with Crippen molar-refractivity contribution in [3.63, 3.8) is 0 Å². The molecule has 2 amide bonds. The molecule has 0 aliphatic rings. The summed E-state index contributed by atoms with van der Waals surface area (Å²) in [7, 11) is -8.50. The number of nitrogens with one attached hydrogen (secondary N) is 1. The van der Waals surface area contributed by atoms with Gasteiger partial charge in [0.25, 0.3) is 5.91 Å². The minimum Gasteiger partial charge on any atom is -0.318 e. The Labute approximate surface area is 135 Å². The summed E-state index contributed by atoms with van der Waals surface area (Å²) in [5.41, 5.74) is -2.37. The number of nitrogens with zero attached hydrogens (tertiary/aromatic N) is 1. The second kappa shape index (κ2) is 5.45. The smallest absolute Gasteiger partial charge is 0.318 e. The number of carbonyl (C=O) groups is 2. The molecule has 1 aromatic carbocycles. The van der Waals surface area contributed by atoms with Crippen LogP contribution in [0, 0.1) is 0 Å². The van der Waals surface area contributed by atoms with Gasteiger partial charge < -0.3 is 5.32 Å². The molecule has 0 saturated heterocycles. The van der Waals surface area contributed by atoms with Crippen molar-refractivity contribution in [2.75, 3.05) is 19.5 Å². The van der Waals surface area contributed by atoms with Crippen LogP contribution in [0.1, 0.15) is 10.4 Å². The van der Waals surface area contributed by atoms with Crippen LogP contribution >= 0.6 is 10.2 Å². The Kier molecular flexibility index (Phi) is 4.57. The summed E-state index contributed by atoms with van der Waals surface area (Å²) < 4.78 is 101. The summed E-state index contributed by atoms with van der Waals surface area (Å²) in [5, 5.41) is 1.34. The zero-order chi connectivity index (χ0) is 19.9. The van der Waals surface area contributed by atoms with Crippen molar-refractivity contribution in [2.24, 2.45) is 0 Å². The molecule has 0 unspecified atom stereocenters. The molecule has 0 aliphatic heterocycles. The molecule has 0 saturated carbocycles. The lowest BCUT2D eigenvalue weighted by Crippen LogP contribution is -2.30. The van der Waals surface area contributed by atoms with Gasteiger partial charge in [-0.25, -0.2) is 5.06 Å². The van der Waals surface area contributed by atoms with Crippen LogP contribution in [0.4, 0.5) is 38.3 Å². The van der Waals surface area contributed by atoms with Crippen LogP contribution in [0.5, 0.6) is 0 Å². The molecule has 0 aromatic heterocycles. The van der Waals surface area contributed by atoms with Gasteiger partial charge in [-0.1, -0.05) is 19.4 Å². The number of halogens is 8. The molecule has 0 heterocycles. The normalized spacial score (nSPS) is 15.1. The van der Waals surface area contributed by atoms with Crippen LogP contribution in [0.2, 0.25) is 0 Å².